The van der Waals surface area contributed by atoms with Crippen molar-refractivity contribution < 1.29 is 18.0 Å². The molecule has 0 radical (unpaired) electrons. The number of amides is 1. The van der Waals surface area contributed by atoms with Crippen LogP contribution in [0.15, 0.2) is 48.5 Å². The number of carbonyl (C=O) groups is 1. The summed E-state index contributed by atoms with van der Waals surface area (Å²) in [6.07, 6.45) is -3.80. The summed E-state index contributed by atoms with van der Waals surface area (Å²) in [7, 11) is 0. The van der Waals surface area contributed by atoms with Gasteiger partial charge in [-0.25, -0.2) is 0 Å². The zero-order valence-electron chi connectivity index (χ0n) is 14.4. The van der Waals surface area contributed by atoms with E-state index in [4.69, 9.17) is 0 Å². The minimum absolute atomic E-state index is 0.256. The molecule has 1 aliphatic heterocycles. The van der Waals surface area contributed by atoms with Gasteiger partial charge in [0.1, 0.15) is 0 Å². The molecule has 1 unspecified atom stereocenters. The monoisotopic (exact) mass is 379 g/mol. The summed E-state index contributed by atoms with van der Waals surface area (Å²) >= 11 is 1.76. The van der Waals surface area contributed by atoms with Gasteiger partial charge in [0.2, 0.25) is 0 Å². The summed E-state index contributed by atoms with van der Waals surface area (Å²) in [5, 5.41) is 0.256. The number of alkyl halides is 3. The summed E-state index contributed by atoms with van der Waals surface area (Å²) in [4.78, 5) is 14.3. The molecular weight excluding hydrogens is 359 g/mol. The van der Waals surface area contributed by atoms with Crippen LogP contribution in [0.4, 0.5) is 13.2 Å². The van der Waals surface area contributed by atoms with Crippen molar-refractivity contribution in [3.8, 4) is 0 Å². The molecule has 0 N–H and O–H groups in total. The first-order valence-electron chi connectivity index (χ1n) is 8.50. The summed E-state index contributed by atoms with van der Waals surface area (Å²) in [5.41, 5.74) is 1.31. The first-order chi connectivity index (χ1) is 12.4. The molecule has 3 rings (SSSR count). The minimum Gasteiger partial charge on any atom is -0.338 e. The third-order valence-corrected chi connectivity index (χ3v) is 5.94. The smallest absolute Gasteiger partial charge is 0.338 e. The van der Waals surface area contributed by atoms with E-state index in [9.17, 15) is 18.0 Å². The number of hydrogen-bond donors (Lipinski definition) is 0. The zero-order chi connectivity index (χ0) is 18.7. The molecule has 1 amide bonds. The van der Waals surface area contributed by atoms with Crippen molar-refractivity contribution in [1.82, 2.24) is 4.90 Å². The maximum absolute atomic E-state index is 13.2. The lowest BCUT2D eigenvalue weighted by atomic mass is 10.0. The fourth-order valence-corrected chi connectivity index (χ4v) is 4.58. The summed E-state index contributed by atoms with van der Waals surface area (Å²) < 4.78 is 39.6. The number of thioether (sulfide) groups is 1. The molecule has 1 fully saturated rings. The first-order valence-corrected chi connectivity index (χ1v) is 9.55. The molecule has 1 heterocycles. The van der Waals surface area contributed by atoms with Gasteiger partial charge in [-0.3, -0.25) is 4.79 Å². The van der Waals surface area contributed by atoms with Gasteiger partial charge in [-0.15, -0.1) is 0 Å². The fourth-order valence-electron chi connectivity index (χ4n) is 3.26. The third kappa shape index (κ3) is 4.06. The normalized spacial score (nSPS) is 18.5. The van der Waals surface area contributed by atoms with Gasteiger partial charge in [-0.05, 0) is 36.6 Å². The average molecular weight is 379 g/mol. The van der Waals surface area contributed by atoms with Crippen molar-refractivity contribution in [1.29, 1.82) is 0 Å². The lowest BCUT2D eigenvalue weighted by Gasteiger charge is -2.22. The Balaban J connectivity index is 1.78. The summed E-state index contributed by atoms with van der Waals surface area (Å²) in [5.74, 6) is 0.169. The van der Waals surface area contributed by atoms with Crippen LogP contribution in [0, 0.1) is 6.92 Å². The van der Waals surface area contributed by atoms with Crippen LogP contribution in [0.5, 0.6) is 0 Å². The predicted octanol–water partition coefficient (Wildman–Crippen LogP) is 5.33. The van der Waals surface area contributed by atoms with Crippen molar-refractivity contribution in [2.45, 2.75) is 24.8 Å². The van der Waals surface area contributed by atoms with Gasteiger partial charge in [0.05, 0.1) is 11.1 Å². The molecule has 0 saturated carbocycles. The van der Waals surface area contributed by atoms with Gasteiger partial charge >= 0.3 is 6.18 Å². The van der Waals surface area contributed by atoms with Crippen molar-refractivity contribution in [2.75, 3.05) is 18.8 Å². The third-order valence-electron chi connectivity index (χ3n) is 4.63. The Kier molecular flexibility index (Phi) is 5.61. The molecule has 0 aliphatic carbocycles. The Labute approximate surface area is 155 Å². The van der Waals surface area contributed by atoms with Gasteiger partial charge in [0.25, 0.3) is 5.91 Å². The molecule has 2 aromatic carbocycles. The molecule has 6 heteroatoms. The number of hydrogen-bond acceptors (Lipinski definition) is 2. The van der Waals surface area contributed by atoms with E-state index in [1.54, 1.807) is 16.7 Å². The molecule has 138 valence electrons. The van der Waals surface area contributed by atoms with Gasteiger partial charge < -0.3 is 4.90 Å². The molecule has 0 aromatic heterocycles. The van der Waals surface area contributed by atoms with Crippen LogP contribution in [0.3, 0.4) is 0 Å². The van der Waals surface area contributed by atoms with E-state index in [1.165, 1.54) is 29.3 Å². The highest BCUT2D eigenvalue weighted by atomic mass is 32.2. The largest absolute Gasteiger partial charge is 0.417 e. The summed E-state index contributed by atoms with van der Waals surface area (Å²) in [6.45, 7) is 2.97. The van der Waals surface area contributed by atoms with E-state index < -0.39 is 17.6 Å². The van der Waals surface area contributed by atoms with Crippen LogP contribution in [-0.4, -0.2) is 29.6 Å². The van der Waals surface area contributed by atoms with Crippen LogP contribution in [0.1, 0.15) is 38.7 Å². The Morgan fingerprint density at radius 1 is 1.08 bits per heavy atom. The Bertz CT molecular complexity index is 791. The SMILES string of the molecule is Cc1ccccc1C1CCN(C(=O)c2ccccc2C(F)(F)F)CCS1. The van der Waals surface area contributed by atoms with Crippen LogP contribution in [0.2, 0.25) is 0 Å². The lowest BCUT2D eigenvalue weighted by molar-refractivity contribution is -0.138. The molecule has 26 heavy (non-hydrogen) atoms. The highest BCUT2D eigenvalue weighted by molar-refractivity contribution is 7.99. The topological polar surface area (TPSA) is 20.3 Å². The molecule has 1 aliphatic rings. The van der Waals surface area contributed by atoms with E-state index in [0.29, 0.717) is 18.8 Å². The molecular formula is C20H20F3NOS. The van der Waals surface area contributed by atoms with E-state index in [-0.39, 0.29) is 10.8 Å². The van der Waals surface area contributed by atoms with E-state index >= 15 is 0 Å². The number of rotatable bonds is 2. The Morgan fingerprint density at radius 2 is 1.77 bits per heavy atom. The van der Waals surface area contributed by atoms with Gasteiger partial charge in [-0.2, -0.15) is 24.9 Å². The first kappa shape index (κ1) is 18.8. The van der Waals surface area contributed by atoms with Crippen molar-refractivity contribution in [3.63, 3.8) is 0 Å². The molecule has 0 bridgehead atoms. The highest BCUT2D eigenvalue weighted by Crippen LogP contribution is 2.37. The molecule has 0 spiro atoms. The minimum atomic E-state index is -4.53. The Hall–Kier alpha value is -1.95. The van der Waals surface area contributed by atoms with Crippen molar-refractivity contribution in [2.24, 2.45) is 0 Å². The van der Waals surface area contributed by atoms with Crippen LogP contribution in [0.25, 0.3) is 0 Å². The number of benzene rings is 2. The summed E-state index contributed by atoms with van der Waals surface area (Å²) in [6, 6.07) is 13.2. The number of nitrogens with zero attached hydrogens (tertiary/aromatic N) is 1. The quantitative estimate of drug-likeness (QED) is 0.703. The maximum Gasteiger partial charge on any atom is 0.417 e. The van der Waals surface area contributed by atoms with E-state index in [0.717, 1.165) is 12.5 Å². The predicted molar refractivity (Wildman–Crippen MR) is 98.3 cm³/mol. The van der Waals surface area contributed by atoms with Gasteiger partial charge in [0.15, 0.2) is 0 Å². The second kappa shape index (κ2) is 7.74. The number of carbonyl (C=O) groups excluding carboxylic acids is 1. The molecule has 1 atom stereocenters. The lowest BCUT2D eigenvalue weighted by Crippen LogP contribution is -2.34. The van der Waals surface area contributed by atoms with Crippen LogP contribution in [-0.2, 0) is 6.18 Å². The van der Waals surface area contributed by atoms with E-state index in [2.05, 4.69) is 19.1 Å². The molecule has 2 aromatic rings. The number of aryl methyl sites for hydroxylation is 1. The average Bonchev–Trinajstić information content (AvgIpc) is 2.87. The fraction of sp³-hybridized carbons (Fsp3) is 0.350. The van der Waals surface area contributed by atoms with Crippen LogP contribution >= 0.6 is 11.8 Å². The number of halogens is 3. The second-order valence-corrected chi connectivity index (χ2v) is 7.65. The Morgan fingerprint density at radius 3 is 2.50 bits per heavy atom. The van der Waals surface area contributed by atoms with Crippen molar-refractivity contribution >= 4 is 17.7 Å². The molecule has 1 saturated heterocycles. The highest BCUT2D eigenvalue weighted by Gasteiger charge is 2.36. The van der Waals surface area contributed by atoms with Crippen LogP contribution < -0.4 is 0 Å². The van der Waals surface area contributed by atoms with Gasteiger partial charge in [-0.1, -0.05) is 36.4 Å². The van der Waals surface area contributed by atoms with Gasteiger partial charge in [0, 0.05) is 24.1 Å². The van der Waals surface area contributed by atoms with E-state index in [1.807, 2.05) is 12.1 Å². The standard InChI is InChI=1S/C20H20F3NOS/c1-14-6-2-3-7-15(14)18-10-11-24(12-13-26-18)19(25)16-8-4-5-9-17(16)20(21,22)23/h2-9,18H,10-13H2,1H3. The molecule has 2 nitrogen and oxygen atoms in total. The van der Waals surface area contributed by atoms with Crippen molar-refractivity contribution in [3.05, 3.63) is 70.8 Å². The second-order valence-electron chi connectivity index (χ2n) is 6.34. The maximum atomic E-state index is 13.2. The zero-order valence-corrected chi connectivity index (χ0v) is 15.2.